The zero-order chi connectivity index (χ0) is 12.5. The minimum absolute atomic E-state index is 0.439. The number of methoxy groups -OCH3 is 1. The molecule has 0 amide bonds. The van der Waals surface area contributed by atoms with Crippen LogP contribution in [0.5, 0.6) is 5.88 Å². The lowest BCUT2D eigenvalue weighted by Gasteiger charge is -2.10. The van der Waals surface area contributed by atoms with Crippen molar-refractivity contribution in [2.24, 2.45) is 5.14 Å². The fraction of sp³-hybridized carbons (Fsp3) is 0.286. The van der Waals surface area contributed by atoms with Crippen LogP contribution < -0.4 is 15.6 Å². The van der Waals surface area contributed by atoms with Gasteiger partial charge in [-0.2, -0.15) is 4.98 Å². The number of rotatable bonds is 3. The van der Waals surface area contributed by atoms with E-state index in [9.17, 15) is 17.2 Å². The second-order valence-electron chi connectivity index (χ2n) is 2.82. The maximum Gasteiger partial charge on any atom is 0.271 e. The number of alkyl halides is 2. The predicted molar refractivity (Wildman–Crippen MR) is 51.5 cm³/mol. The number of halogens is 2. The molecule has 0 aromatic carbocycles. The molecule has 4 N–H and O–H groups in total. The quantitative estimate of drug-likeness (QED) is 0.803. The number of aromatic nitrogens is 1. The highest BCUT2D eigenvalue weighted by Gasteiger charge is 2.23. The van der Waals surface area contributed by atoms with Gasteiger partial charge in [-0.15, -0.1) is 0 Å². The minimum atomic E-state index is -4.12. The van der Waals surface area contributed by atoms with Gasteiger partial charge in [-0.1, -0.05) is 0 Å². The molecule has 0 aliphatic heterocycles. The first-order valence-corrected chi connectivity index (χ1v) is 5.47. The van der Waals surface area contributed by atoms with Crippen LogP contribution in [-0.2, 0) is 10.0 Å². The van der Waals surface area contributed by atoms with Crippen LogP contribution in [0.4, 0.5) is 14.5 Å². The molecule has 0 saturated carbocycles. The smallest absolute Gasteiger partial charge is 0.271 e. The van der Waals surface area contributed by atoms with E-state index in [1.54, 1.807) is 0 Å². The van der Waals surface area contributed by atoms with Crippen molar-refractivity contribution in [3.63, 3.8) is 0 Å². The van der Waals surface area contributed by atoms with Crippen molar-refractivity contribution in [3.05, 3.63) is 11.6 Å². The SMILES string of the molecule is COc1nc(S(N)(=O)=O)cc(N)c1C(F)F. The largest absolute Gasteiger partial charge is 0.481 e. The van der Waals surface area contributed by atoms with Gasteiger partial charge in [0, 0.05) is 11.8 Å². The molecule has 6 nitrogen and oxygen atoms in total. The van der Waals surface area contributed by atoms with E-state index in [0.29, 0.717) is 0 Å². The average molecular weight is 253 g/mol. The molecule has 90 valence electrons. The molecule has 1 rings (SSSR count). The summed E-state index contributed by atoms with van der Waals surface area (Å²) in [4.78, 5) is 3.35. The number of hydrogen-bond acceptors (Lipinski definition) is 5. The molecule has 16 heavy (non-hydrogen) atoms. The molecule has 1 aromatic rings. The van der Waals surface area contributed by atoms with Crippen molar-refractivity contribution in [2.45, 2.75) is 11.5 Å². The Morgan fingerprint density at radius 1 is 1.50 bits per heavy atom. The highest BCUT2D eigenvalue weighted by molar-refractivity contribution is 7.89. The molecule has 0 fully saturated rings. The van der Waals surface area contributed by atoms with Gasteiger partial charge in [-0.25, -0.2) is 22.3 Å². The van der Waals surface area contributed by atoms with E-state index in [0.717, 1.165) is 13.2 Å². The van der Waals surface area contributed by atoms with Crippen LogP contribution in [-0.4, -0.2) is 20.5 Å². The van der Waals surface area contributed by atoms with Gasteiger partial charge in [0.1, 0.15) is 5.56 Å². The Hall–Kier alpha value is -1.48. The Balaban J connectivity index is 3.50. The summed E-state index contributed by atoms with van der Waals surface area (Å²) in [6, 6.07) is 0.763. The third-order valence-electron chi connectivity index (χ3n) is 1.74. The standard InChI is InChI=1S/C7H9F2N3O3S/c1-15-7-5(6(8)9)3(10)2-4(12-7)16(11,13)14/h2,6H,1H3,(H2,10,12)(H2,11,13,14). The first-order valence-electron chi connectivity index (χ1n) is 3.92. The summed E-state index contributed by atoms with van der Waals surface area (Å²) in [6.45, 7) is 0. The van der Waals surface area contributed by atoms with Crippen LogP contribution in [0.1, 0.15) is 12.0 Å². The van der Waals surface area contributed by atoms with E-state index in [-0.39, 0.29) is 0 Å². The highest BCUT2D eigenvalue weighted by atomic mass is 32.2. The number of pyridine rings is 1. The zero-order valence-corrected chi connectivity index (χ0v) is 8.96. The monoisotopic (exact) mass is 253 g/mol. The number of hydrogen-bond donors (Lipinski definition) is 2. The zero-order valence-electron chi connectivity index (χ0n) is 8.15. The van der Waals surface area contributed by atoms with E-state index in [4.69, 9.17) is 10.9 Å². The van der Waals surface area contributed by atoms with Crippen LogP contribution in [0.15, 0.2) is 11.1 Å². The molecule has 0 aliphatic rings. The van der Waals surface area contributed by atoms with Gasteiger partial charge < -0.3 is 10.5 Å². The molecule has 0 aliphatic carbocycles. The summed E-state index contributed by atoms with van der Waals surface area (Å²) >= 11 is 0. The Bertz CT molecular complexity index is 504. The van der Waals surface area contributed by atoms with Gasteiger partial charge >= 0.3 is 0 Å². The Morgan fingerprint density at radius 3 is 2.44 bits per heavy atom. The third kappa shape index (κ3) is 2.36. The molecular weight excluding hydrogens is 244 g/mol. The lowest BCUT2D eigenvalue weighted by atomic mass is 10.2. The summed E-state index contributed by atoms with van der Waals surface area (Å²) in [5.74, 6) is -0.556. The Kier molecular flexibility index (Phi) is 3.29. The number of anilines is 1. The number of nitrogens with zero attached hydrogens (tertiary/aromatic N) is 1. The molecule has 0 atom stereocenters. The van der Waals surface area contributed by atoms with Crippen molar-refractivity contribution in [2.75, 3.05) is 12.8 Å². The van der Waals surface area contributed by atoms with Crippen LogP contribution in [0.2, 0.25) is 0 Å². The molecular formula is C7H9F2N3O3S. The topological polar surface area (TPSA) is 108 Å². The summed E-state index contributed by atoms with van der Waals surface area (Å²) in [5.41, 5.74) is 4.18. The summed E-state index contributed by atoms with van der Waals surface area (Å²) in [5, 5.41) is 4.17. The lowest BCUT2D eigenvalue weighted by molar-refractivity contribution is 0.146. The number of primary sulfonamides is 1. The molecule has 0 radical (unpaired) electrons. The van der Waals surface area contributed by atoms with Gasteiger partial charge in [0.05, 0.1) is 7.11 Å². The molecule has 1 aromatic heterocycles. The van der Waals surface area contributed by atoms with Crippen LogP contribution in [0.3, 0.4) is 0 Å². The predicted octanol–water partition coefficient (Wildman–Crippen LogP) is 0.257. The summed E-state index contributed by atoms with van der Waals surface area (Å²) in [7, 11) is -3.05. The third-order valence-corrected chi connectivity index (χ3v) is 2.53. The second-order valence-corrected chi connectivity index (χ2v) is 4.33. The van der Waals surface area contributed by atoms with Gasteiger partial charge in [-0.05, 0) is 0 Å². The van der Waals surface area contributed by atoms with Crippen LogP contribution in [0, 0.1) is 0 Å². The fourth-order valence-corrected chi connectivity index (χ4v) is 1.55. The van der Waals surface area contributed by atoms with Crippen molar-refractivity contribution in [3.8, 4) is 5.88 Å². The van der Waals surface area contributed by atoms with Gasteiger partial charge in [0.2, 0.25) is 5.88 Å². The Morgan fingerprint density at radius 2 is 2.06 bits per heavy atom. The van der Waals surface area contributed by atoms with Crippen LogP contribution in [0.25, 0.3) is 0 Å². The highest BCUT2D eigenvalue weighted by Crippen LogP contribution is 2.33. The maximum atomic E-state index is 12.5. The molecule has 0 bridgehead atoms. The number of sulfonamides is 1. The van der Waals surface area contributed by atoms with Crippen molar-refractivity contribution >= 4 is 15.7 Å². The van der Waals surface area contributed by atoms with Crippen molar-refractivity contribution in [1.29, 1.82) is 0 Å². The molecule has 1 heterocycles. The summed E-state index contributed by atoms with van der Waals surface area (Å²) in [6.07, 6.45) is -2.92. The van der Waals surface area contributed by atoms with Crippen molar-refractivity contribution in [1.82, 2.24) is 4.98 Å². The normalized spacial score (nSPS) is 11.8. The van der Waals surface area contributed by atoms with E-state index in [2.05, 4.69) is 9.72 Å². The summed E-state index contributed by atoms with van der Waals surface area (Å²) < 4.78 is 51.5. The number of nitrogen functional groups attached to an aromatic ring is 1. The first-order chi connectivity index (χ1) is 7.27. The maximum absolute atomic E-state index is 12.5. The van der Waals surface area contributed by atoms with Gasteiger partial charge in [0.15, 0.2) is 5.03 Å². The van der Waals surface area contributed by atoms with Gasteiger partial charge in [-0.3, -0.25) is 0 Å². The molecule has 0 saturated heterocycles. The Labute approximate surface area is 90.3 Å². The lowest BCUT2D eigenvalue weighted by Crippen LogP contribution is -2.16. The minimum Gasteiger partial charge on any atom is -0.481 e. The van der Waals surface area contributed by atoms with Gasteiger partial charge in [0.25, 0.3) is 16.4 Å². The first kappa shape index (κ1) is 12.6. The number of ether oxygens (including phenoxy) is 1. The molecule has 9 heteroatoms. The molecule has 0 spiro atoms. The van der Waals surface area contributed by atoms with E-state index in [1.165, 1.54) is 0 Å². The number of nitrogens with two attached hydrogens (primary N) is 2. The van der Waals surface area contributed by atoms with E-state index >= 15 is 0 Å². The fourth-order valence-electron chi connectivity index (χ4n) is 1.05. The van der Waals surface area contributed by atoms with E-state index < -0.39 is 38.6 Å². The average Bonchev–Trinajstić information content (AvgIpc) is 2.14. The van der Waals surface area contributed by atoms with Crippen LogP contribution >= 0.6 is 0 Å². The van der Waals surface area contributed by atoms with E-state index in [1.807, 2.05) is 0 Å². The molecule has 0 unspecified atom stereocenters. The van der Waals surface area contributed by atoms with Crippen molar-refractivity contribution < 1.29 is 21.9 Å². The second kappa shape index (κ2) is 4.18.